The molecule has 1 N–H and O–H groups in total. The molecule has 0 saturated heterocycles. The van der Waals surface area contributed by atoms with Crippen LogP contribution in [0.4, 0.5) is 13.2 Å². The monoisotopic (exact) mass is 220 g/mol. The average molecular weight is 220 g/mol. The first-order chi connectivity index (χ1) is 6.94. The molecule has 0 radical (unpaired) electrons. The third-order valence-corrected chi connectivity index (χ3v) is 1.96. The summed E-state index contributed by atoms with van der Waals surface area (Å²) in [5, 5.41) is 8.89. The van der Waals surface area contributed by atoms with E-state index in [1.807, 2.05) is 0 Å². The lowest BCUT2D eigenvalue weighted by Gasteiger charge is -2.12. The van der Waals surface area contributed by atoms with Crippen LogP contribution in [0.25, 0.3) is 0 Å². The van der Waals surface area contributed by atoms with Crippen molar-refractivity contribution in [2.75, 3.05) is 6.61 Å². The number of hydrogen-bond donors (Lipinski definition) is 1. The van der Waals surface area contributed by atoms with Crippen LogP contribution < -0.4 is 4.74 Å². The summed E-state index contributed by atoms with van der Waals surface area (Å²) in [4.78, 5) is 0. The van der Waals surface area contributed by atoms with Crippen LogP contribution >= 0.6 is 0 Å². The van der Waals surface area contributed by atoms with Crippen LogP contribution in [0.2, 0.25) is 0 Å². The predicted octanol–water partition coefficient (Wildman–Crippen LogP) is 2.43. The molecule has 1 aromatic carbocycles. The Bertz CT molecular complexity index is 334. The van der Waals surface area contributed by atoms with Crippen LogP contribution in [-0.4, -0.2) is 17.9 Å². The van der Waals surface area contributed by atoms with Crippen molar-refractivity contribution >= 4 is 0 Å². The Kier molecular flexibility index (Phi) is 3.57. The van der Waals surface area contributed by atoms with E-state index in [1.165, 1.54) is 6.07 Å². The molecule has 0 bridgehead atoms. The van der Waals surface area contributed by atoms with E-state index in [2.05, 4.69) is 4.74 Å². The first-order valence-electron chi connectivity index (χ1n) is 4.33. The van der Waals surface area contributed by atoms with Crippen LogP contribution in [0.3, 0.4) is 0 Å². The Balaban J connectivity index is 2.78. The van der Waals surface area contributed by atoms with Gasteiger partial charge in [0.25, 0.3) is 0 Å². The maximum absolute atomic E-state index is 11.9. The minimum absolute atomic E-state index is 0.152. The van der Waals surface area contributed by atoms with Gasteiger partial charge in [-0.25, -0.2) is 0 Å². The molecule has 0 aliphatic carbocycles. The zero-order valence-electron chi connectivity index (χ0n) is 8.14. The quantitative estimate of drug-likeness (QED) is 0.847. The van der Waals surface area contributed by atoms with Gasteiger partial charge < -0.3 is 9.84 Å². The van der Waals surface area contributed by atoms with Crippen LogP contribution in [0.15, 0.2) is 18.2 Å². The van der Waals surface area contributed by atoms with Gasteiger partial charge in [-0.1, -0.05) is 12.1 Å². The molecular formula is C10H11F3O2. The Labute approximate surface area is 85.3 Å². The van der Waals surface area contributed by atoms with Gasteiger partial charge in [0.15, 0.2) is 6.61 Å². The second-order valence-corrected chi connectivity index (χ2v) is 3.10. The number of rotatable bonds is 3. The minimum Gasteiger partial charge on any atom is -0.484 e. The van der Waals surface area contributed by atoms with E-state index in [0.29, 0.717) is 11.1 Å². The standard InChI is InChI=1S/C10H11F3O2/c1-7-8(5-14)3-2-4-9(7)15-6-10(11,12)13/h2-4,14H,5-6H2,1H3. The molecular weight excluding hydrogens is 209 g/mol. The van der Waals surface area contributed by atoms with Crippen molar-refractivity contribution < 1.29 is 23.0 Å². The minimum atomic E-state index is -4.35. The van der Waals surface area contributed by atoms with Gasteiger partial charge in [0.2, 0.25) is 0 Å². The highest BCUT2D eigenvalue weighted by Crippen LogP contribution is 2.24. The second-order valence-electron chi connectivity index (χ2n) is 3.10. The molecule has 0 aromatic heterocycles. The van der Waals surface area contributed by atoms with Crippen molar-refractivity contribution in [2.24, 2.45) is 0 Å². The maximum atomic E-state index is 11.9. The van der Waals surface area contributed by atoms with E-state index in [9.17, 15) is 13.2 Å². The molecule has 0 saturated carbocycles. The van der Waals surface area contributed by atoms with Crippen molar-refractivity contribution in [3.8, 4) is 5.75 Å². The van der Waals surface area contributed by atoms with Crippen molar-refractivity contribution in [1.82, 2.24) is 0 Å². The molecule has 2 nitrogen and oxygen atoms in total. The predicted molar refractivity (Wildman–Crippen MR) is 48.7 cm³/mol. The van der Waals surface area contributed by atoms with Crippen LogP contribution in [0.5, 0.6) is 5.75 Å². The molecule has 0 amide bonds. The molecule has 1 rings (SSSR count). The van der Waals surface area contributed by atoms with E-state index < -0.39 is 12.8 Å². The zero-order chi connectivity index (χ0) is 11.5. The Hall–Kier alpha value is -1.23. The molecule has 0 fully saturated rings. The lowest BCUT2D eigenvalue weighted by molar-refractivity contribution is -0.153. The Morgan fingerprint density at radius 3 is 2.53 bits per heavy atom. The highest BCUT2D eigenvalue weighted by Gasteiger charge is 2.28. The summed E-state index contributed by atoms with van der Waals surface area (Å²) in [5.74, 6) is 0.152. The third-order valence-electron chi connectivity index (χ3n) is 1.96. The molecule has 0 unspecified atom stereocenters. The average Bonchev–Trinajstić information content (AvgIpc) is 2.15. The number of alkyl halides is 3. The first kappa shape index (κ1) is 11.8. The molecule has 1 aromatic rings. The summed E-state index contributed by atoms with van der Waals surface area (Å²) in [7, 11) is 0. The van der Waals surface area contributed by atoms with E-state index in [0.717, 1.165) is 0 Å². The van der Waals surface area contributed by atoms with Crippen LogP contribution in [0, 0.1) is 6.92 Å². The number of ether oxygens (including phenoxy) is 1. The fraction of sp³-hybridized carbons (Fsp3) is 0.400. The van der Waals surface area contributed by atoms with E-state index >= 15 is 0 Å². The normalized spacial score (nSPS) is 11.5. The maximum Gasteiger partial charge on any atom is 0.422 e. The summed E-state index contributed by atoms with van der Waals surface area (Å²) in [6.07, 6.45) is -4.35. The van der Waals surface area contributed by atoms with E-state index in [1.54, 1.807) is 19.1 Å². The Morgan fingerprint density at radius 2 is 2.00 bits per heavy atom. The molecule has 15 heavy (non-hydrogen) atoms. The van der Waals surface area contributed by atoms with Crippen LogP contribution in [0.1, 0.15) is 11.1 Å². The van der Waals surface area contributed by atoms with Crippen LogP contribution in [-0.2, 0) is 6.61 Å². The van der Waals surface area contributed by atoms with Gasteiger partial charge in [0.1, 0.15) is 5.75 Å². The first-order valence-corrected chi connectivity index (χ1v) is 4.33. The smallest absolute Gasteiger partial charge is 0.422 e. The van der Waals surface area contributed by atoms with Gasteiger partial charge in [0.05, 0.1) is 6.61 Å². The number of aliphatic hydroxyl groups excluding tert-OH is 1. The van der Waals surface area contributed by atoms with Gasteiger partial charge in [-0.3, -0.25) is 0 Å². The molecule has 0 heterocycles. The topological polar surface area (TPSA) is 29.5 Å². The molecule has 0 aliphatic heterocycles. The SMILES string of the molecule is Cc1c(CO)cccc1OCC(F)(F)F. The molecule has 84 valence electrons. The van der Waals surface area contributed by atoms with Gasteiger partial charge >= 0.3 is 6.18 Å². The fourth-order valence-electron chi connectivity index (χ4n) is 1.15. The van der Waals surface area contributed by atoms with Crippen molar-refractivity contribution in [3.05, 3.63) is 29.3 Å². The summed E-state index contributed by atoms with van der Waals surface area (Å²) < 4.78 is 40.3. The van der Waals surface area contributed by atoms with Gasteiger partial charge in [-0.05, 0) is 24.1 Å². The van der Waals surface area contributed by atoms with Crippen molar-refractivity contribution in [2.45, 2.75) is 19.7 Å². The highest BCUT2D eigenvalue weighted by molar-refractivity contribution is 5.38. The summed E-state index contributed by atoms with van der Waals surface area (Å²) in [6.45, 7) is 0.0784. The number of halogens is 3. The number of hydrogen-bond acceptors (Lipinski definition) is 2. The number of aliphatic hydroxyl groups is 1. The molecule has 0 aliphatic rings. The fourth-order valence-corrected chi connectivity index (χ4v) is 1.15. The highest BCUT2D eigenvalue weighted by atomic mass is 19.4. The summed E-state index contributed by atoms with van der Waals surface area (Å²) in [5.41, 5.74) is 1.10. The van der Waals surface area contributed by atoms with Crippen molar-refractivity contribution in [3.63, 3.8) is 0 Å². The zero-order valence-corrected chi connectivity index (χ0v) is 8.14. The third kappa shape index (κ3) is 3.43. The number of benzene rings is 1. The summed E-state index contributed by atoms with van der Waals surface area (Å²) >= 11 is 0. The van der Waals surface area contributed by atoms with Gasteiger partial charge in [0, 0.05) is 0 Å². The van der Waals surface area contributed by atoms with Gasteiger partial charge in [-0.2, -0.15) is 13.2 Å². The molecule has 5 heteroatoms. The van der Waals surface area contributed by atoms with Gasteiger partial charge in [-0.15, -0.1) is 0 Å². The second kappa shape index (κ2) is 4.53. The molecule has 0 spiro atoms. The lowest BCUT2D eigenvalue weighted by Crippen LogP contribution is -2.19. The van der Waals surface area contributed by atoms with Crippen molar-refractivity contribution in [1.29, 1.82) is 0 Å². The Morgan fingerprint density at radius 1 is 1.33 bits per heavy atom. The molecule has 0 atom stereocenters. The largest absolute Gasteiger partial charge is 0.484 e. The van der Waals surface area contributed by atoms with E-state index in [-0.39, 0.29) is 12.4 Å². The summed E-state index contributed by atoms with van der Waals surface area (Å²) in [6, 6.07) is 4.63. The van der Waals surface area contributed by atoms with E-state index in [4.69, 9.17) is 5.11 Å². The lowest BCUT2D eigenvalue weighted by atomic mass is 10.1.